The summed E-state index contributed by atoms with van der Waals surface area (Å²) >= 11 is 0. The van der Waals surface area contributed by atoms with Gasteiger partial charge in [-0.1, -0.05) is 32.9 Å². The Bertz CT molecular complexity index is 349. The number of fused-ring (bicyclic) bond motifs is 2. The number of ether oxygens (including phenoxy) is 2. The highest BCUT2D eigenvalue weighted by atomic mass is 16.6. The smallest absolute Gasteiger partial charge is 0.110 e. The predicted octanol–water partition coefficient (Wildman–Crippen LogP) is 3.95. The highest BCUT2D eigenvalue weighted by molar-refractivity contribution is 5.17. The van der Waals surface area contributed by atoms with E-state index in [9.17, 15) is 0 Å². The molecule has 2 heteroatoms. The molecule has 3 rings (SSSR count). The van der Waals surface area contributed by atoms with Crippen molar-refractivity contribution in [1.82, 2.24) is 0 Å². The van der Waals surface area contributed by atoms with Gasteiger partial charge >= 0.3 is 0 Å². The van der Waals surface area contributed by atoms with Crippen molar-refractivity contribution >= 4 is 0 Å². The summed E-state index contributed by atoms with van der Waals surface area (Å²) in [5, 5.41) is 0. The van der Waals surface area contributed by atoms with E-state index >= 15 is 0 Å². The summed E-state index contributed by atoms with van der Waals surface area (Å²) in [6, 6.07) is 0. The van der Waals surface area contributed by atoms with E-state index in [1.54, 1.807) is 0 Å². The quantitative estimate of drug-likeness (QED) is 0.716. The molecule has 0 aromatic carbocycles. The van der Waals surface area contributed by atoms with Crippen molar-refractivity contribution < 1.29 is 9.47 Å². The molecule has 5 atom stereocenters. The van der Waals surface area contributed by atoms with E-state index in [1.807, 2.05) is 0 Å². The standard InChI is InChI=1S/C17H28O2/c1-12(2)14-8-13(3)9-16(10-14)18-11-17-6-4-15(19-17)5-7-17/h4,6,12-16H,5,7-11H2,1-3H3. The lowest BCUT2D eigenvalue weighted by molar-refractivity contribution is -0.0831. The van der Waals surface area contributed by atoms with Crippen molar-refractivity contribution in [2.45, 2.75) is 70.7 Å². The topological polar surface area (TPSA) is 18.5 Å². The Labute approximate surface area is 117 Å². The summed E-state index contributed by atoms with van der Waals surface area (Å²) in [5.74, 6) is 2.42. The largest absolute Gasteiger partial charge is 0.375 e. The van der Waals surface area contributed by atoms with E-state index in [2.05, 4.69) is 32.9 Å². The minimum absolute atomic E-state index is 0.0708. The molecule has 19 heavy (non-hydrogen) atoms. The molecular weight excluding hydrogens is 236 g/mol. The summed E-state index contributed by atoms with van der Waals surface area (Å²) in [6.45, 7) is 7.84. The average Bonchev–Trinajstić information content (AvgIpc) is 2.96. The third kappa shape index (κ3) is 2.90. The molecule has 0 N–H and O–H groups in total. The van der Waals surface area contributed by atoms with Gasteiger partial charge in [-0.25, -0.2) is 0 Å². The first-order valence-electron chi connectivity index (χ1n) is 8.05. The lowest BCUT2D eigenvalue weighted by atomic mass is 9.75. The average molecular weight is 264 g/mol. The van der Waals surface area contributed by atoms with Gasteiger partial charge in [-0.3, -0.25) is 0 Å². The summed E-state index contributed by atoms with van der Waals surface area (Å²) in [7, 11) is 0. The number of hydrogen-bond donors (Lipinski definition) is 0. The summed E-state index contributed by atoms with van der Waals surface area (Å²) in [4.78, 5) is 0. The van der Waals surface area contributed by atoms with Crippen molar-refractivity contribution in [1.29, 1.82) is 0 Å². The van der Waals surface area contributed by atoms with Crippen LogP contribution in [0.3, 0.4) is 0 Å². The Morgan fingerprint density at radius 1 is 1.32 bits per heavy atom. The highest BCUT2D eigenvalue weighted by Gasteiger charge is 2.43. The molecule has 1 aliphatic carbocycles. The molecule has 0 radical (unpaired) electrons. The first-order chi connectivity index (χ1) is 9.06. The van der Waals surface area contributed by atoms with Crippen molar-refractivity contribution in [3.63, 3.8) is 0 Å². The van der Waals surface area contributed by atoms with E-state index in [4.69, 9.17) is 9.47 Å². The molecular formula is C17H28O2. The summed E-state index contributed by atoms with van der Waals surface area (Å²) in [6.07, 6.45) is 11.4. The zero-order valence-electron chi connectivity index (χ0n) is 12.6. The van der Waals surface area contributed by atoms with Gasteiger partial charge in [0.15, 0.2) is 0 Å². The molecule has 1 saturated carbocycles. The van der Waals surface area contributed by atoms with Gasteiger partial charge in [-0.2, -0.15) is 0 Å². The van der Waals surface area contributed by atoms with Gasteiger partial charge in [0.05, 0.1) is 18.8 Å². The zero-order chi connectivity index (χ0) is 13.5. The first-order valence-corrected chi connectivity index (χ1v) is 8.05. The monoisotopic (exact) mass is 264 g/mol. The van der Waals surface area contributed by atoms with E-state index in [0.717, 1.165) is 30.8 Å². The van der Waals surface area contributed by atoms with E-state index in [0.29, 0.717) is 12.2 Å². The minimum Gasteiger partial charge on any atom is -0.375 e. The second kappa shape index (κ2) is 5.21. The van der Waals surface area contributed by atoms with E-state index in [-0.39, 0.29) is 5.60 Å². The van der Waals surface area contributed by atoms with Gasteiger partial charge in [0.1, 0.15) is 5.60 Å². The van der Waals surface area contributed by atoms with Gasteiger partial charge in [0, 0.05) is 0 Å². The van der Waals surface area contributed by atoms with Crippen LogP contribution in [0.4, 0.5) is 0 Å². The number of hydrogen-bond acceptors (Lipinski definition) is 2. The van der Waals surface area contributed by atoms with Crippen molar-refractivity contribution in [2.24, 2.45) is 17.8 Å². The van der Waals surface area contributed by atoms with Crippen molar-refractivity contribution in [3.05, 3.63) is 12.2 Å². The maximum Gasteiger partial charge on any atom is 0.110 e. The Hall–Kier alpha value is -0.340. The van der Waals surface area contributed by atoms with Crippen LogP contribution < -0.4 is 0 Å². The third-order valence-corrected chi connectivity index (χ3v) is 5.29. The summed E-state index contributed by atoms with van der Waals surface area (Å²) in [5.41, 5.74) is -0.0708. The fraction of sp³-hybridized carbons (Fsp3) is 0.882. The van der Waals surface area contributed by atoms with Crippen molar-refractivity contribution in [3.8, 4) is 0 Å². The Balaban J connectivity index is 1.53. The molecule has 0 aromatic heterocycles. The molecule has 3 aliphatic rings. The molecule has 2 nitrogen and oxygen atoms in total. The van der Waals surface area contributed by atoms with Crippen LogP contribution in [0.1, 0.15) is 52.9 Å². The molecule has 2 fully saturated rings. The molecule has 0 amide bonds. The predicted molar refractivity (Wildman–Crippen MR) is 77.1 cm³/mol. The SMILES string of the molecule is CC1CC(OCC23C=CC(CC2)O3)CC(C(C)C)C1. The Morgan fingerprint density at radius 2 is 2.16 bits per heavy atom. The molecule has 108 valence electrons. The fourth-order valence-corrected chi connectivity index (χ4v) is 4.03. The van der Waals surface area contributed by atoms with Gasteiger partial charge in [0.2, 0.25) is 0 Å². The van der Waals surface area contributed by atoms with E-state index in [1.165, 1.54) is 25.7 Å². The normalized spacial score (nSPS) is 45.3. The lowest BCUT2D eigenvalue weighted by Gasteiger charge is -2.36. The van der Waals surface area contributed by atoms with Gasteiger partial charge in [-0.15, -0.1) is 0 Å². The molecule has 2 heterocycles. The molecule has 1 saturated heterocycles. The zero-order valence-corrected chi connectivity index (χ0v) is 12.6. The second-order valence-electron chi connectivity index (χ2n) is 7.37. The van der Waals surface area contributed by atoms with Crippen LogP contribution in [0, 0.1) is 17.8 Å². The van der Waals surface area contributed by atoms with Crippen LogP contribution in [-0.2, 0) is 9.47 Å². The second-order valence-corrected chi connectivity index (χ2v) is 7.37. The van der Waals surface area contributed by atoms with Gasteiger partial charge in [-0.05, 0) is 49.9 Å². The molecule has 2 aliphatic heterocycles. The Kier molecular flexibility index (Phi) is 3.74. The van der Waals surface area contributed by atoms with Crippen molar-refractivity contribution in [2.75, 3.05) is 6.61 Å². The van der Waals surface area contributed by atoms with Crippen LogP contribution in [0.5, 0.6) is 0 Å². The minimum atomic E-state index is -0.0708. The number of rotatable bonds is 4. The maximum atomic E-state index is 6.26. The Morgan fingerprint density at radius 3 is 2.74 bits per heavy atom. The molecule has 0 aromatic rings. The van der Waals surface area contributed by atoms with Gasteiger partial charge in [0.25, 0.3) is 0 Å². The van der Waals surface area contributed by atoms with E-state index < -0.39 is 0 Å². The van der Waals surface area contributed by atoms with Crippen LogP contribution >= 0.6 is 0 Å². The molecule has 0 spiro atoms. The molecule has 2 bridgehead atoms. The molecule has 5 unspecified atom stereocenters. The third-order valence-electron chi connectivity index (χ3n) is 5.29. The van der Waals surface area contributed by atoms with Crippen LogP contribution in [-0.4, -0.2) is 24.4 Å². The summed E-state index contributed by atoms with van der Waals surface area (Å²) < 4.78 is 12.3. The highest BCUT2D eigenvalue weighted by Crippen LogP contribution is 2.40. The lowest BCUT2D eigenvalue weighted by Crippen LogP contribution is -2.36. The fourth-order valence-electron chi connectivity index (χ4n) is 4.03. The van der Waals surface area contributed by atoms with Crippen LogP contribution in [0.25, 0.3) is 0 Å². The van der Waals surface area contributed by atoms with Crippen LogP contribution in [0.15, 0.2) is 12.2 Å². The van der Waals surface area contributed by atoms with Crippen LogP contribution in [0.2, 0.25) is 0 Å². The maximum absolute atomic E-state index is 6.26. The first kappa shape index (κ1) is 13.6. The van der Waals surface area contributed by atoms with Gasteiger partial charge < -0.3 is 9.47 Å².